The summed E-state index contributed by atoms with van der Waals surface area (Å²) in [6.07, 6.45) is 9.34. The topological polar surface area (TPSA) is 36.4 Å². The van der Waals surface area contributed by atoms with E-state index in [1.54, 1.807) is 0 Å². The van der Waals surface area contributed by atoms with Crippen LogP contribution in [-0.4, -0.2) is 45.9 Å². The summed E-state index contributed by atoms with van der Waals surface area (Å²) in [7, 11) is 0. The molecule has 1 aliphatic carbocycles. The number of fused-ring (bicyclic) bond motifs is 1. The predicted octanol–water partition coefficient (Wildman–Crippen LogP) is 2.06. The minimum atomic E-state index is 0.395. The van der Waals surface area contributed by atoms with Crippen molar-refractivity contribution in [3.8, 4) is 0 Å². The van der Waals surface area contributed by atoms with Crippen molar-refractivity contribution in [3.63, 3.8) is 0 Å². The summed E-state index contributed by atoms with van der Waals surface area (Å²) >= 11 is 0. The molecule has 3 aliphatic rings. The molecule has 0 radical (unpaired) electrons. The lowest BCUT2D eigenvalue weighted by molar-refractivity contribution is -0.138. The van der Waals surface area contributed by atoms with Gasteiger partial charge in [0, 0.05) is 50.5 Å². The number of hydrogen-bond donors (Lipinski definition) is 0. The standard InChI is InChI=1S/C17H23N3O/c21-17-6-5-15-16(20(17)12-13-3-4-13)7-9-19(15)11-14-2-1-8-18-10-14/h1-2,8,10,13,15-16H,3-7,9,11-12H2/t15-,16-/m1/s1. The lowest BCUT2D eigenvalue weighted by atomic mass is 9.95. The Kier molecular flexibility index (Phi) is 3.42. The lowest BCUT2D eigenvalue weighted by Crippen LogP contribution is -2.52. The van der Waals surface area contributed by atoms with Gasteiger partial charge in [-0.15, -0.1) is 0 Å². The number of pyridine rings is 1. The third-order valence-corrected chi connectivity index (χ3v) is 5.26. The van der Waals surface area contributed by atoms with Crippen LogP contribution in [-0.2, 0) is 11.3 Å². The molecular formula is C17H23N3O. The fraction of sp³-hybridized carbons (Fsp3) is 0.647. The van der Waals surface area contributed by atoms with Crippen LogP contribution in [0, 0.1) is 5.92 Å². The Hall–Kier alpha value is -1.42. The maximum Gasteiger partial charge on any atom is 0.222 e. The summed E-state index contributed by atoms with van der Waals surface area (Å²) in [5, 5.41) is 0. The summed E-state index contributed by atoms with van der Waals surface area (Å²) < 4.78 is 0. The van der Waals surface area contributed by atoms with Crippen molar-refractivity contribution in [2.45, 2.75) is 50.7 Å². The van der Waals surface area contributed by atoms with E-state index in [0.717, 1.165) is 44.8 Å². The molecule has 1 saturated carbocycles. The van der Waals surface area contributed by atoms with Gasteiger partial charge in [0.2, 0.25) is 5.91 Å². The Bertz CT molecular complexity index is 514. The maximum absolute atomic E-state index is 12.3. The zero-order chi connectivity index (χ0) is 14.2. The molecule has 0 bridgehead atoms. The van der Waals surface area contributed by atoms with Crippen LogP contribution < -0.4 is 0 Å². The first-order chi connectivity index (χ1) is 10.3. The number of aromatic nitrogens is 1. The first-order valence-electron chi connectivity index (χ1n) is 8.23. The molecule has 4 heteroatoms. The number of nitrogens with zero attached hydrogens (tertiary/aromatic N) is 3. The predicted molar refractivity (Wildman–Crippen MR) is 80.5 cm³/mol. The molecule has 1 amide bonds. The summed E-state index contributed by atoms with van der Waals surface area (Å²) in [5.41, 5.74) is 1.28. The number of likely N-dealkylation sites (tertiary alicyclic amines) is 2. The Morgan fingerprint density at radius 1 is 1.19 bits per heavy atom. The largest absolute Gasteiger partial charge is 0.338 e. The van der Waals surface area contributed by atoms with Crippen LogP contribution in [0.4, 0.5) is 0 Å². The molecule has 1 aromatic heterocycles. The quantitative estimate of drug-likeness (QED) is 0.849. The van der Waals surface area contributed by atoms with E-state index in [2.05, 4.69) is 20.9 Å². The van der Waals surface area contributed by atoms with Crippen LogP contribution in [0.5, 0.6) is 0 Å². The number of carbonyl (C=O) groups is 1. The van der Waals surface area contributed by atoms with Crippen molar-refractivity contribution in [3.05, 3.63) is 30.1 Å². The Labute approximate surface area is 126 Å². The van der Waals surface area contributed by atoms with Crippen LogP contribution in [0.25, 0.3) is 0 Å². The van der Waals surface area contributed by atoms with E-state index in [4.69, 9.17) is 0 Å². The van der Waals surface area contributed by atoms with Gasteiger partial charge >= 0.3 is 0 Å². The molecule has 2 saturated heterocycles. The molecule has 112 valence electrons. The van der Waals surface area contributed by atoms with Crippen molar-refractivity contribution >= 4 is 5.91 Å². The van der Waals surface area contributed by atoms with Crippen LogP contribution in [0.3, 0.4) is 0 Å². The van der Waals surface area contributed by atoms with Gasteiger partial charge in [0.25, 0.3) is 0 Å². The average Bonchev–Trinajstić information content (AvgIpc) is 3.24. The SMILES string of the molecule is O=C1CC[C@@H]2[C@@H](CCN2Cc2cccnc2)N1CC1CC1. The minimum absolute atomic E-state index is 0.395. The molecule has 3 fully saturated rings. The molecule has 21 heavy (non-hydrogen) atoms. The van der Waals surface area contributed by atoms with Crippen LogP contribution in [0.2, 0.25) is 0 Å². The second-order valence-corrected chi connectivity index (χ2v) is 6.78. The molecule has 0 aromatic carbocycles. The van der Waals surface area contributed by atoms with Crippen molar-refractivity contribution < 1.29 is 4.79 Å². The third kappa shape index (κ3) is 2.69. The van der Waals surface area contributed by atoms with E-state index in [0.29, 0.717) is 18.0 Å². The third-order valence-electron chi connectivity index (χ3n) is 5.26. The van der Waals surface area contributed by atoms with Gasteiger partial charge in [0.05, 0.1) is 0 Å². The molecule has 0 N–H and O–H groups in total. The average molecular weight is 285 g/mol. The van der Waals surface area contributed by atoms with E-state index in [-0.39, 0.29) is 0 Å². The summed E-state index contributed by atoms with van der Waals surface area (Å²) in [5.74, 6) is 1.19. The molecule has 4 rings (SSSR count). The zero-order valence-electron chi connectivity index (χ0n) is 12.4. The molecule has 4 nitrogen and oxygen atoms in total. The molecule has 2 atom stereocenters. The number of rotatable bonds is 4. The highest BCUT2D eigenvalue weighted by Gasteiger charge is 2.44. The molecule has 2 aliphatic heterocycles. The Morgan fingerprint density at radius 3 is 2.86 bits per heavy atom. The highest BCUT2D eigenvalue weighted by Crippen LogP contribution is 2.36. The lowest BCUT2D eigenvalue weighted by Gasteiger charge is -2.40. The van der Waals surface area contributed by atoms with E-state index in [9.17, 15) is 4.79 Å². The molecule has 1 aromatic rings. The first-order valence-corrected chi connectivity index (χ1v) is 8.23. The van der Waals surface area contributed by atoms with Crippen LogP contribution in [0.15, 0.2) is 24.5 Å². The van der Waals surface area contributed by atoms with Crippen molar-refractivity contribution in [1.29, 1.82) is 0 Å². The summed E-state index contributed by atoms with van der Waals surface area (Å²) in [6, 6.07) is 5.17. The van der Waals surface area contributed by atoms with Gasteiger partial charge in [0.15, 0.2) is 0 Å². The number of amides is 1. The van der Waals surface area contributed by atoms with E-state index >= 15 is 0 Å². The van der Waals surface area contributed by atoms with Crippen molar-refractivity contribution in [2.24, 2.45) is 5.92 Å². The number of piperidine rings is 1. The normalized spacial score (nSPS) is 29.7. The van der Waals surface area contributed by atoms with Gasteiger partial charge in [0.1, 0.15) is 0 Å². The number of hydrogen-bond acceptors (Lipinski definition) is 3. The van der Waals surface area contributed by atoms with Crippen LogP contribution >= 0.6 is 0 Å². The second kappa shape index (κ2) is 5.41. The van der Waals surface area contributed by atoms with Crippen molar-refractivity contribution in [2.75, 3.05) is 13.1 Å². The van der Waals surface area contributed by atoms with E-state index < -0.39 is 0 Å². The van der Waals surface area contributed by atoms with Gasteiger partial charge in [-0.25, -0.2) is 0 Å². The van der Waals surface area contributed by atoms with Gasteiger partial charge in [-0.3, -0.25) is 14.7 Å². The van der Waals surface area contributed by atoms with E-state index in [1.807, 2.05) is 18.5 Å². The summed E-state index contributed by atoms with van der Waals surface area (Å²) in [6.45, 7) is 3.10. The highest BCUT2D eigenvalue weighted by molar-refractivity contribution is 5.77. The fourth-order valence-corrected chi connectivity index (χ4v) is 3.98. The first kappa shape index (κ1) is 13.3. The van der Waals surface area contributed by atoms with Crippen molar-refractivity contribution in [1.82, 2.24) is 14.8 Å². The monoisotopic (exact) mass is 285 g/mol. The second-order valence-electron chi connectivity index (χ2n) is 6.78. The molecule has 0 unspecified atom stereocenters. The fourth-order valence-electron chi connectivity index (χ4n) is 3.98. The Morgan fingerprint density at radius 2 is 2.10 bits per heavy atom. The molecule has 0 spiro atoms. The van der Waals surface area contributed by atoms with Crippen LogP contribution in [0.1, 0.15) is 37.7 Å². The zero-order valence-corrected chi connectivity index (χ0v) is 12.4. The summed E-state index contributed by atoms with van der Waals surface area (Å²) in [4.78, 5) is 21.3. The molecular weight excluding hydrogens is 262 g/mol. The minimum Gasteiger partial charge on any atom is -0.338 e. The van der Waals surface area contributed by atoms with Gasteiger partial charge in [-0.1, -0.05) is 6.07 Å². The van der Waals surface area contributed by atoms with Gasteiger partial charge < -0.3 is 4.90 Å². The number of carbonyl (C=O) groups excluding carboxylic acids is 1. The molecule has 3 heterocycles. The highest BCUT2D eigenvalue weighted by atomic mass is 16.2. The van der Waals surface area contributed by atoms with Gasteiger partial charge in [-0.2, -0.15) is 0 Å². The van der Waals surface area contributed by atoms with Gasteiger partial charge in [-0.05, 0) is 43.2 Å². The smallest absolute Gasteiger partial charge is 0.222 e. The maximum atomic E-state index is 12.3. The van der Waals surface area contributed by atoms with E-state index in [1.165, 1.54) is 18.4 Å². The Balaban J connectivity index is 1.46.